The summed E-state index contributed by atoms with van der Waals surface area (Å²) in [6.45, 7) is 2.40. The van der Waals surface area contributed by atoms with Crippen LogP contribution in [-0.4, -0.2) is 34.4 Å². The third kappa shape index (κ3) is 2.91. The van der Waals surface area contributed by atoms with Crippen LogP contribution in [0.4, 0.5) is 5.69 Å². The zero-order valence-corrected chi connectivity index (χ0v) is 11.8. The first-order valence-corrected chi connectivity index (χ1v) is 6.78. The molecule has 2 unspecified atom stereocenters. The molecule has 0 spiro atoms. The molecule has 108 valence electrons. The molecule has 6 nitrogen and oxygen atoms in total. The highest BCUT2D eigenvalue weighted by molar-refractivity contribution is 6.31. The van der Waals surface area contributed by atoms with Gasteiger partial charge in [-0.3, -0.25) is 14.9 Å². The van der Waals surface area contributed by atoms with E-state index in [1.165, 1.54) is 18.2 Å². The number of carbonyl (C=O) groups excluding carboxylic acids is 1. The van der Waals surface area contributed by atoms with Crippen LogP contribution in [-0.2, 0) is 0 Å². The smallest absolute Gasteiger partial charge is 0.282 e. The molecule has 20 heavy (non-hydrogen) atoms. The van der Waals surface area contributed by atoms with Crippen molar-refractivity contribution >= 4 is 23.2 Å². The Bertz CT molecular complexity index is 550. The van der Waals surface area contributed by atoms with Crippen LogP contribution >= 0.6 is 11.6 Å². The second-order valence-electron chi connectivity index (χ2n) is 5.05. The molecule has 1 aliphatic rings. The molecule has 1 fully saturated rings. The molecule has 0 bridgehead atoms. The van der Waals surface area contributed by atoms with E-state index in [0.717, 1.165) is 0 Å². The summed E-state index contributed by atoms with van der Waals surface area (Å²) >= 11 is 5.85. The van der Waals surface area contributed by atoms with Crippen LogP contribution in [0, 0.1) is 10.1 Å². The summed E-state index contributed by atoms with van der Waals surface area (Å²) < 4.78 is 0. The molecular weight excluding hydrogens is 282 g/mol. The Labute approximate surface area is 121 Å². The van der Waals surface area contributed by atoms with E-state index < -0.39 is 4.92 Å². The number of halogens is 1. The van der Waals surface area contributed by atoms with Crippen LogP contribution in [0.2, 0.25) is 5.02 Å². The minimum Gasteiger partial charge on any atom is -0.336 e. The molecule has 1 heterocycles. The largest absolute Gasteiger partial charge is 0.336 e. The van der Waals surface area contributed by atoms with E-state index >= 15 is 0 Å². The summed E-state index contributed by atoms with van der Waals surface area (Å²) in [4.78, 5) is 24.6. The standard InChI is InChI=1S/C13H16ClN3O3/c1-8-6-10(15)4-5-16(8)13(18)11-7-9(14)2-3-12(11)17(19)20/h2-3,7-8,10H,4-6,15H2,1H3. The maximum atomic E-state index is 12.5. The summed E-state index contributed by atoms with van der Waals surface area (Å²) in [7, 11) is 0. The molecule has 0 aromatic heterocycles. The van der Waals surface area contributed by atoms with Gasteiger partial charge in [-0.2, -0.15) is 0 Å². The molecule has 7 heteroatoms. The lowest BCUT2D eigenvalue weighted by molar-refractivity contribution is -0.385. The number of amides is 1. The zero-order valence-electron chi connectivity index (χ0n) is 11.1. The van der Waals surface area contributed by atoms with E-state index in [-0.39, 0.29) is 29.2 Å². The van der Waals surface area contributed by atoms with E-state index in [2.05, 4.69) is 0 Å². The summed E-state index contributed by atoms with van der Waals surface area (Å²) in [5.74, 6) is -0.362. The molecule has 0 aliphatic carbocycles. The van der Waals surface area contributed by atoms with Gasteiger partial charge in [0.1, 0.15) is 5.56 Å². The average Bonchev–Trinajstić information content (AvgIpc) is 2.37. The summed E-state index contributed by atoms with van der Waals surface area (Å²) in [5, 5.41) is 11.3. The van der Waals surface area contributed by atoms with Crippen LogP contribution in [0.15, 0.2) is 18.2 Å². The minimum atomic E-state index is -0.566. The predicted octanol–water partition coefficient (Wildman–Crippen LogP) is 2.20. The maximum absolute atomic E-state index is 12.5. The van der Waals surface area contributed by atoms with Crippen LogP contribution in [0.25, 0.3) is 0 Å². The predicted molar refractivity (Wildman–Crippen MR) is 75.8 cm³/mol. The Balaban J connectivity index is 2.33. The second-order valence-corrected chi connectivity index (χ2v) is 5.49. The molecule has 1 aromatic rings. The Hall–Kier alpha value is -1.66. The lowest BCUT2D eigenvalue weighted by Crippen LogP contribution is -2.48. The monoisotopic (exact) mass is 297 g/mol. The molecule has 1 aromatic carbocycles. The Kier molecular flexibility index (Phi) is 4.25. The fraction of sp³-hybridized carbons (Fsp3) is 0.462. The van der Waals surface area contributed by atoms with Gasteiger partial charge in [0.25, 0.3) is 11.6 Å². The van der Waals surface area contributed by atoms with Crippen LogP contribution in [0.1, 0.15) is 30.1 Å². The van der Waals surface area contributed by atoms with Gasteiger partial charge in [0.15, 0.2) is 0 Å². The number of nitro benzene ring substituents is 1. The van der Waals surface area contributed by atoms with E-state index in [4.69, 9.17) is 17.3 Å². The van der Waals surface area contributed by atoms with E-state index in [0.29, 0.717) is 24.4 Å². The first kappa shape index (κ1) is 14.7. The number of likely N-dealkylation sites (tertiary alicyclic amines) is 1. The van der Waals surface area contributed by atoms with Gasteiger partial charge in [-0.25, -0.2) is 0 Å². The number of nitrogens with two attached hydrogens (primary N) is 1. The average molecular weight is 298 g/mol. The zero-order chi connectivity index (χ0) is 14.9. The van der Waals surface area contributed by atoms with Crippen molar-refractivity contribution in [3.63, 3.8) is 0 Å². The summed E-state index contributed by atoms with van der Waals surface area (Å²) in [5.41, 5.74) is 5.67. The topological polar surface area (TPSA) is 89.5 Å². The molecule has 1 aliphatic heterocycles. The number of benzene rings is 1. The highest BCUT2D eigenvalue weighted by Crippen LogP contribution is 2.26. The van der Waals surface area contributed by atoms with Crippen LogP contribution in [0.3, 0.4) is 0 Å². The highest BCUT2D eigenvalue weighted by Gasteiger charge is 2.31. The number of piperidine rings is 1. The van der Waals surface area contributed by atoms with Gasteiger partial charge in [0.05, 0.1) is 4.92 Å². The van der Waals surface area contributed by atoms with Gasteiger partial charge < -0.3 is 10.6 Å². The van der Waals surface area contributed by atoms with Crippen LogP contribution < -0.4 is 5.73 Å². The maximum Gasteiger partial charge on any atom is 0.282 e. The third-order valence-electron chi connectivity index (χ3n) is 3.56. The molecular formula is C13H16ClN3O3. The van der Waals surface area contributed by atoms with Crippen molar-refractivity contribution in [3.05, 3.63) is 38.9 Å². The van der Waals surface area contributed by atoms with E-state index in [1.807, 2.05) is 6.92 Å². The van der Waals surface area contributed by atoms with Gasteiger partial charge in [-0.05, 0) is 31.9 Å². The number of nitrogens with zero attached hydrogens (tertiary/aromatic N) is 2. The summed E-state index contributed by atoms with van der Waals surface area (Å²) in [6.07, 6.45) is 1.39. The molecule has 2 N–H and O–H groups in total. The number of carbonyl (C=O) groups is 1. The molecule has 1 saturated heterocycles. The van der Waals surface area contributed by atoms with Crippen LogP contribution in [0.5, 0.6) is 0 Å². The first-order chi connectivity index (χ1) is 9.40. The van der Waals surface area contributed by atoms with Crippen molar-refractivity contribution in [2.75, 3.05) is 6.54 Å². The molecule has 0 radical (unpaired) electrons. The molecule has 2 rings (SSSR count). The quantitative estimate of drug-likeness (QED) is 0.669. The number of hydrogen-bond acceptors (Lipinski definition) is 4. The first-order valence-electron chi connectivity index (χ1n) is 6.40. The van der Waals surface area contributed by atoms with Crippen molar-refractivity contribution < 1.29 is 9.72 Å². The van der Waals surface area contributed by atoms with Crippen molar-refractivity contribution in [2.24, 2.45) is 5.73 Å². The van der Waals surface area contributed by atoms with E-state index in [9.17, 15) is 14.9 Å². The van der Waals surface area contributed by atoms with Crippen molar-refractivity contribution in [2.45, 2.75) is 31.8 Å². The number of rotatable bonds is 2. The minimum absolute atomic E-state index is 0.0322. The number of nitro groups is 1. The second kappa shape index (κ2) is 5.76. The van der Waals surface area contributed by atoms with Gasteiger partial charge in [-0.15, -0.1) is 0 Å². The lowest BCUT2D eigenvalue weighted by atomic mass is 9.98. The molecule has 0 saturated carbocycles. The van der Waals surface area contributed by atoms with E-state index in [1.54, 1.807) is 4.90 Å². The Morgan fingerprint density at radius 2 is 2.25 bits per heavy atom. The van der Waals surface area contributed by atoms with Gasteiger partial charge in [0.2, 0.25) is 0 Å². The van der Waals surface area contributed by atoms with Gasteiger partial charge in [0, 0.05) is 29.7 Å². The van der Waals surface area contributed by atoms with Crippen molar-refractivity contribution in [1.82, 2.24) is 4.90 Å². The van der Waals surface area contributed by atoms with Crippen molar-refractivity contribution in [3.8, 4) is 0 Å². The van der Waals surface area contributed by atoms with Gasteiger partial charge >= 0.3 is 0 Å². The Morgan fingerprint density at radius 3 is 2.85 bits per heavy atom. The van der Waals surface area contributed by atoms with Gasteiger partial charge in [-0.1, -0.05) is 11.6 Å². The SMILES string of the molecule is CC1CC(N)CCN1C(=O)c1cc(Cl)ccc1[N+](=O)[O-]. The highest BCUT2D eigenvalue weighted by atomic mass is 35.5. The fourth-order valence-corrected chi connectivity index (χ4v) is 2.68. The Morgan fingerprint density at radius 1 is 1.55 bits per heavy atom. The third-order valence-corrected chi connectivity index (χ3v) is 3.80. The number of hydrogen-bond donors (Lipinski definition) is 1. The normalized spacial score (nSPS) is 22.6. The van der Waals surface area contributed by atoms with Crippen molar-refractivity contribution in [1.29, 1.82) is 0 Å². The fourth-order valence-electron chi connectivity index (χ4n) is 2.50. The molecule has 1 amide bonds. The molecule has 2 atom stereocenters. The summed E-state index contributed by atoms with van der Waals surface area (Å²) in [6, 6.07) is 4.05. The lowest BCUT2D eigenvalue weighted by Gasteiger charge is -2.36.